The average molecular weight is 284 g/mol. The summed E-state index contributed by atoms with van der Waals surface area (Å²) >= 11 is 3.18. The van der Waals surface area contributed by atoms with Crippen molar-refractivity contribution in [3.63, 3.8) is 0 Å². The quantitative estimate of drug-likeness (QED) is 0.875. The maximum Gasteiger partial charge on any atom is 0.140 e. The Morgan fingerprint density at radius 2 is 2.12 bits per heavy atom. The van der Waals surface area contributed by atoms with Crippen molar-refractivity contribution in [3.05, 3.63) is 34.2 Å². The Bertz CT molecular complexity index is 525. The molecule has 0 saturated carbocycles. The van der Waals surface area contributed by atoms with Gasteiger partial charge in [-0.3, -0.25) is 4.68 Å². The Labute approximate surface area is 101 Å². The van der Waals surface area contributed by atoms with Gasteiger partial charge in [0.2, 0.25) is 0 Å². The highest BCUT2D eigenvalue weighted by atomic mass is 79.9. The normalized spacial score (nSPS) is 10.8. The molecule has 0 amide bonds. The van der Waals surface area contributed by atoms with Crippen LogP contribution in [0.5, 0.6) is 0 Å². The van der Waals surface area contributed by atoms with Crippen LogP contribution in [-0.2, 0) is 7.05 Å². The van der Waals surface area contributed by atoms with Gasteiger partial charge in [0.05, 0.1) is 10.7 Å². The molecule has 16 heavy (non-hydrogen) atoms. The predicted molar refractivity (Wildman–Crippen MR) is 65.5 cm³/mol. The SMILES string of the molecule is Cc1cc(-c2cnn(C)c2N)cc(Br)c1F. The molecule has 0 spiro atoms. The molecule has 3 nitrogen and oxygen atoms in total. The third-order valence-electron chi connectivity index (χ3n) is 2.51. The lowest BCUT2D eigenvalue weighted by atomic mass is 10.1. The van der Waals surface area contributed by atoms with Crippen molar-refractivity contribution in [2.75, 3.05) is 5.73 Å². The zero-order valence-corrected chi connectivity index (χ0v) is 10.5. The summed E-state index contributed by atoms with van der Waals surface area (Å²) in [5, 5.41) is 4.06. The van der Waals surface area contributed by atoms with Crippen LogP contribution in [0.4, 0.5) is 10.2 Å². The zero-order valence-electron chi connectivity index (χ0n) is 8.96. The van der Waals surface area contributed by atoms with Crippen molar-refractivity contribution in [3.8, 4) is 11.1 Å². The van der Waals surface area contributed by atoms with Gasteiger partial charge in [0, 0.05) is 12.6 Å². The number of nitrogen functional groups attached to an aromatic ring is 1. The molecule has 0 saturated heterocycles. The molecule has 0 aliphatic heterocycles. The lowest BCUT2D eigenvalue weighted by Crippen LogP contribution is -1.98. The van der Waals surface area contributed by atoms with E-state index in [2.05, 4.69) is 21.0 Å². The fraction of sp³-hybridized carbons (Fsp3) is 0.182. The highest BCUT2D eigenvalue weighted by Crippen LogP contribution is 2.30. The second kappa shape index (κ2) is 3.90. The maximum atomic E-state index is 13.4. The molecule has 5 heteroatoms. The van der Waals surface area contributed by atoms with Gasteiger partial charge in [-0.2, -0.15) is 5.10 Å². The third-order valence-corrected chi connectivity index (χ3v) is 3.08. The Kier molecular flexibility index (Phi) is 2.71. The number of nitrogens with zero attached hydrogens (tertiary/aromatic N) is 2. The van der Waals surface area contributed by atoms with E-state index in [-0.39, 0.29) is 5.82 Å². The summed E-state index contributed by atoms with van der Waals surface area (Å²) in [5.74, 6) is 0.323. The third kappa shape index (κ3) is 1.71. The Morgan fingerprint density at radius 3 is 2.62 bits per heavy atom. The van der Waals surface area contributed by atoms with Crippen LogP contribution in [0.1, 0.15) is 5.56 Å². The summed E-state index contributed by atoms with van der Waals surface area (Å²) in [7, 11) is 1.77. The molecule has 0 unspecified atom stereocenters. The summed E-state index contributed by atoms with van der Waals surface area (Å²) in [6.07, 6.45) is 1.68. The number of hydrogen-bond acceptors (Lipinski definition) is 2. The fourth-order valence-corrected chi connectivity index (χ4v) is 2.11. The van der Waals surface area contributed by atoms with Gasteiger partial charge in [-0.25, -0.2) is 4.39 Å². The summed E-state index contributed by atoms with van der Waals surface area (Å²) in [6, 6.07) is 3.46. The largest absolute Gasteiger partial charge is 0.383 e. The number of aromatic nitrogens is 2. The van der Waals surface area contributed by atoms with Gasteiger partial charge in [0.1, 0.15) is 11.6 Å². The summed E-state index contributed by atoms with van der Waals surface area (Å²) < 4.78 is 15.5. The number of hydrogen-bond donors (Lipinski definition) is 1. The van der Waals surface area contributed by atoms with Gasteiger partial charge >= 0.3 is 0 Å². The molecule has 0 aliphatic rings. The van der Waals surface area contributed by atoms with Gasteiger partial charge in [0.15, 0.2) is 0 Å². The van der Waals surface area contributed by atoms with Crippen LogP contribution >= 0.6 is 15.9 Å². The monoisotopic (exact) mass is 283 g/mol. The van der Waals surface area contributed by atoms with E-state index < -0.39 is 0 Å². The van der Waals surface area contributed by atoms with E-state index in [0.717, 1.165) is 11.1 Å². The molecule has 1 aromatic heterocycles. The van der Waals surface area contributed by atoms with E-state index in [1.165, 1.54) is 0 Å². The first-order valence-electron chi connectivity index (χ1n) is 4.74. The summed E-state index contributed by atoms with van der Waals surface area (Å²) in [6.45, 7) is 1.72. The lowest BCUT2D eigenvalue weighted by molar-refractivity contribution is 0.612. The molecule has 0 fully saturated rings. The number of rotatable bonds is 1. The van der Waals surface area contributed by atoms with Crippen molar-refractivity contribution >= 4 is 21.7 Å². The number of aryl methyl sites for hydroxylation is 2. The molecular weight excluding hydrogens is 273 g/mol. The molecule has 1 heterocycles. The minimum atomic E-state index is -0.244. The first-order valence-corrected chi connectivity index (χ1v) is 5.53. The van der Waals surface area contributed by atoms with Crippen LogP contribution in [-0.4, -0.2) is 9.78 Å². The van der Waals surface area contributed by atoms with Gasteiger partial charge in [-0.1, -0.05) is 0 Å². The van der Waals surface area contributed by atoms with E-state index in [4.69, 9.17) is 5.73 Å². The minimum absolute atomic E-state index is 0.244. The van der Waals surface area contributed by atoms with Crippen molar-refractivity contribution in [1.82, 2.24) is 9.78 Å². The summed E-state index contributed by atoms with van der Waals surface area (Å²) in [4.78, 5) is 0. The number of halogens is 2. The summed E-state index contributed by atoms with van der Waals surface area (Å²) in [5.41, 5.74) is 8.11. The highest BCUT2D eigenvalue weighted by molar-refractivity contribution is 9.10. The number of anilines is 1. The van der Waals surface area contributed by atoms with Crippen LogP contribution in [0.2, 0.25) is 0 Å². The van der Waals surface area contributed by atoms with E-state index in [0.29, 0.717) is 15.9 Å². The average Bonchev–Trinajstić information content (AvgIpc) is 2.56. The van der Waals surface area contributed by atoms with E-state index in [1.807, 2.05) is 0 Å². The molecule has 2 rings (SSSR count). The first-order chi connectivity index (χ1) is 7.50. The second-order valence-electron chi connectivity index (χ2n) is 3.66. The Morgan fingerprint density at radius 1 is 1.44 bits per heavy atom. The number of nitrogens with two attached hydrogens (primary N) is 1. The lowest BCUT2D eigenvalue weighted by Gasteiger charge is -2.05. The van der Waals surface area contributed by atoms with Crippen LogP contribution in [0.15, 0.2) is 22.8 Å². The first kappa shape index (κ1) is 11.1. The minimum Gasteiger partial charge on any atom is -0.383 e. The van der Waals surface area contributed by atoms with Crippen LogP contribution in [0.3, 0.4) is 0 Å². The predicted octanol–water partition coefficient (Wildman–Crippen LogP) is 2.88. The van der Waals surface area contributed by atoms with Gasteiger partial charge < -0.3 is 5.73 Å². The molecule has 0 atom stereocenters. The molecule has 2 aromatic rings. The van der Waals surface area contributed by atoms with Gasteiger partial charge in [-0.15, -0.1) is 0 Å². The van der Waals surface area contributed by atoms with Crippen LogP contribution < -0.4 is 5.73 Å². The molecule has 2 N–H and O–H groups in total. The van der Waals surface area contributed by atoms with Crippen LogP contribution in [0, 0.1) is 12.7 Å². The molecule has 84 valence electrons. The van der Waals surface area contributed by atoms with Crippen molar-refractivity contribution in [1.29, 1.82) is 0 Å². The molecular formula is C11H11BrFN3. The Hall–Kier alpha value is -1.36. The molecule has 1 aromatic carbocycles. The van der Waals surface area contributed by atoms with Crippen LogP contribution in [0.25, 0.3) is 11.1 Å². The number of benzene rings is 1. The van der Waals surface area contributed by atoms with Crippen molar-refractivity contribution < 1.29 is 4.39 Å². The van der Waals surface area contributed by atoms with E-state index in [9.17, 15) is 4.39 Å². The zero-order chi connectivity index (χ0) is 11.9. The maximum absolute atomic E-state index is 13.4. The Balaban J connectivity index is 2.61. The second-order valence-corrected chi connectivity index (χ2v) is 4.51. The van der Waals surface area contributed by atoms with E-state index >= 15 is 0 Å². The van der Waals surface area contributed by atoms with E-state index in [1.54, 1.807) is 37.0 Å². The van der Waals surface area contributed by atoms with Crippen molar-refractivity contribution in [2.24, 2.45) is 7.05 Å². The van der Waals surface area contributed by atoms with Crippen molar-refractivity contribution in [2.45, 2.75) is 6.92 Å². The topological polar surface area (TPSA) is 43.8 Å². The highest BCUT2D eigenvalue weighted by Gasteiger charge is 2.11. The van der Waals surface area contributed by atoms with Gasteiger partial charge in [-0.05, 0) is 46.1 Å². The standard InChI is InChI=1S/C11H11BrFN3/c1-6-3-7(4-9(12)10(6)13)8-5-15-16(2)11(8)14/h3-5H,14H2,1-2H3. The fourth-order valence-electron chi connectivity index (χ4n) is 1.55. The smallest absolute Gasteiger partial charge is 0.140 e. The molecule has 0 bridgehead atoms. The molecule has 0 radical (unpaired) electrons. The molecule has 0 aliphatic carbocycles. The van der Waals surface area contributed by atoms with Gasteiger partial charge in [0.25, 0.3) is 0 Å².